The lowest BCUT2D eigenvalue weighted by atomic mass is 10.2. The minimum Gasteiger partial charge on any atom is -0.377 e. The van der Waals surface area contributed by atoms with Crippen LogP contribution in [0.2, 0.25) is 0 Å². The van der Waals surface area contributed by atoms with Crippen LogP contribution in [0.4, 0.5) is 0 Å². The first kappa shape index (κ1) is 14.2. The molecular formula is C12H19NO3S. The predicted octanol–water partition coefficient (Wildman–Crippen LogP) is 1.70. The summed E-state index contributed by atoms with van der Waals surface area (Å²) in [6.45, 7) is 6.35. The van der Waals surface area contributed by atoms with Crippen molar-refractivity contribution in [3.63, 3.8) is 0 Å². The number of sulfonamides is 1. The summed E-state index contributed by atoms with van der Waals surface area (Å²) in [6.07, 6.45) is 0.110. The molecule has 5 heteroatoms. The Morgan fingerprint density at radius 1 is 1.35 bits per heavy atom. The highest BCUT2D eigenvalue weighted by Gasteiger charge is 2.12. The minimum atomic E-state index is -3.41. The molecule has 0 spiro atoms. The summed E-state index contributed by atoms with van der Waals surface area (Å²) in [4.78, 5) is 0.294. The van der Waals surface area contributed by atoms with Crippen molar-refractivity contribution in [2.24, 2.45) is 0 Å². The van der Waals surface area contributed by atoms with E-state index in [1.165, 1.54) is 0 Å². The highest BCUT2D eigenvalue weighted by Crippen LogP contribution is 2.10. The monoisotopic (exact) mass is 257 g/mol. The van der Waals surface area contributed by atoms with Gasteiger partial charge in [0.25, 0.3) is 0 Å². The summed E-state index contributed by atoms with van der Waals surface area (Å²) in [5, 5.41) is 0. The van der Waals surface area contributed by atoms with Crippen LogP contribution in [0.5, 0.6) is 0 Å². The lowest BCUT2D eigenvalue weighted by Crippen LogP contribution is -2.28. The smallest absolute Gasteiger partial charge is 0.240 e. The van der Waals surface area contributed by atoms with Crippen LogP contribution < -0.4 is 4.72 Å². The Labute approximate surface area is 103 Å². The van der Waals surface area contributed by atoms with Gasteiger partial charge in [0, 0.05) is 6.54 Å². The quantitative estimate of drug-likeness (QED) is 0.789. The van der Waals surface area contributed by atoms with Gasteiger partial charge in [-0.25, -0.2) is 13.1 Å². The molecule has 0 aliphatic heterocycles. The molecule has 96 valence electrons. The van der Waals surface area contributed by atoms with Crippen molar-refractivity contribution in [2.75, 3.05) is 13.2 Å². The highest BCUT2D eigenvalue weighted by atomic mass is 32.2. The van der Waals surface area contributed by atoms with Gasteiger partial charge in [-0.1, -0.05) is 12.1 Å². The van der Waals surface area contributed by atoms with Gasteiger partial charge in [0.15, 0.2) is 0 Å². The van der Waals surface area contributed by atoms with E-state index in [-0.39, 0.29) is 12.6 Å². The molecule has 0 aliphatic carbocycles. The average Bonchev–Trinajstić information content (AvgIpc) is 2.24. The summed E-state index contributed by atoms with van der Waals surface area (Å²) in [5.74, 6) is 0. The number of benzene rings is 1. The second kappa shape index (κ2) is 6.14. The lowest BCUT2D eigenvalue weighted by Gasteiger charge is -2.09. The first-order chi connectivity index (χ1) is 7.92. The molecule has 0 aromatic heterocycles. The zero-order valence-electron chi connectivity index (χ0n) is 10.4. The van der Waals surface area contributed by atoms with Crippen LogP contribution in [0, 0.1) is 6.92 Å². The fourth-order valence-electron chi connectivity index (χ4n) is 1.34. The van der Waals surface area contributed by atoms with Crippen LogP contribution in [0.15, 0.2) is 29.2 Å². The Balaban J connectivity index is 2.57. The van der Waals surface area contributed by atoms with Crippen LogP contribution >= 0.6 is 0 Å². The third kappa shape index (κ3) is 4.85. The van der Waals surface area contributed by atoms with Crippen LogP contribution in [-0.4, -0.2) is 27.7 Å². The van der Waals surface area contributed by atoms with E-state index in [4.69, 9.17) is 4.74 Å². The Hall–Kier alpha value is -0.910. The van der Waals surface area contributed by atoms with Gasteiger partial charge in [-0.2, -0.15) is 0 Å². The van der Waals surface area contributed by atoms with E-state index in [2.05, 4.69) is 4.72 Å². The number of ether oxygens (including phenoxy) is 1. The Kier molecular flexibility index (Phi) is 5.11. The molecule has 0 radical (unpaired) electrons. The maximum absolute atomic E-state index is 11.9. The van der Waals surface area contributed by atoms with Crippen molar-refractivity contribution >= 4 is 10.0 Å². The average molecular weight is 257 g/mol. The molecule has 4 nitrogen and oxygen atoms in total. The van der Waals surface area contributed by atoms with Gasteiger partial charge < -0.3 is 4.74 Å². The van der Waals surface area contributed by atoms with Gasteiger partial charge >= 0.3 is 0 Å². The van der Waals surface area contributed by atoms with E-state index in [1.54, 1.807) is 18.2 Å². The van der Waals surface area contributed by atoms with E-state index >= 15 is 0 Å². The maximum Gasteiger partial charge on any atom is 0.240 e. The number of hydrogen-bond donors (Lipinski definition) is 1. The van der Waals surface area contributed by atoms with Gasteiger partial charge in [0.05, 0.1) is 17.6 Å². The fraction of sp³-hybridized carbons (Fsp3) is 0.500. The number of aryl methyl sites for hydroxylation is 1. The molecule has 0 heterocycles. The second-order valence-electron chi connectivity index (χ2n) is 4.13. The molecule has 0 atom stereocenters. The van der Waals surface area contributed by atoms with E-state index in [1.807, 2.05) is 26.8 Å². The van der Waals surface area contributed by atoms with Crippen molar-refractivity contribution in [3.05, 3.63) is 29.8 Å². The van der Waals surface area contributed by atoms with Gasteiger partial charge in [-0.3, -0.25) is 0 Å². The largest absolute Gasteiger partial charge is 0.377 e. The predicted molar refractivity (Wildman–Crippen MR) is 67.5 cm³/mol. The third-order valence-corrected chi connectivity index (χ3v) is 3.60. The lowest BCUT2D eigenvalue weighted by molar-refractivity contribution is 0.0834. The van der Waals surface area contributed by atoms with Gasteiger partial charge in [-0.05, 0) is 38.5 Å². The fourth-order valence-corrected chi connectivity index (χ4v) is 2.45. The van der Waals surface area contributed by atoms with Crippen LogP contribution in [0.3, 0.4) is 0 Å². The molecule has 0 saturated heterocycles. The van der Waals surface area contributed by atoms with E-state index in [9.17, 15) is 8.42 Å². The summed E-state index contributed by atoms with van der Waals surface area (Å²) < 4.78 is 31.5. The summed E-state index contributed by atoms with van der Waals surface area (Å²) in [5.41, 5.74) is 0.923. The first-order valence-electron chi connectivity index (χ1n) is 5.60. The normalized spacial score (nSPS) is 12.0. The first-order valence-corrected chi connectivity index (χ1v) is 7.08. The third-order valence-electron chi connectivity index (χ3n) is 2.15. The highest BCUT2D eigenvalue weighted by molar-refractivity contribution is 7.89. The van der Waals surface area contributed by atoms with Gasteiger partial charge in [-0.15, -0.1) is 0 Å². The zero-order chi connectivity index (χ0) is 12.9. The molecule has 0 bridgehead atoms. The Morgan fingerprint density at radius 3 is 2.65 bits per heavy atom. The molecule has 1 aromatic rings. The maximum atomic E-state index is 11.9. The standard InChI is InChI=1S/C12H19NO3S/c1-10(2)16-8-7-13-17(14,15)12-6-4-5-11(3)9-12/h4-6,9-10,13H,7-8H2,1-3H3. The topological polar surface area (TPSA) is 55.4 Å². The van der Waals surface area contributed by atoms with Gasteiger partial charge in [0.2, 0.25) is 10.0 Å². The van der Waals surface area contributed by atoms with E-state index < -0.39 is 10.0 Å². The summed E-state index contributed by atoms with van der Waals surface area (Å²) >= 11 is 0. The molecule has 0 fully saturated rings. The van der Waals surface area contributed by atoms with Crippen LogP contribution in [0.25, 0.3) is 0 Å². The number of rotatable bonds is 6. The molecule has 1 N–H and O–H groups in total. The molecule has 17 heavy (non-hydrogen) atoms. The van der Waals surface area contributed by atoms with Crippen molar-refractivity contribution in [1.29, 1.82) is 0 Å². The summed E-state index contributed by atoms with van der Waals surface area (Å²) in [6, 6.07) is 6.82. The summed E-state index contributed by atoms with van der Waals surface area (Å²) in [7, 11) is -3.41. The van der Waals surface area contributed by atoms with E-state index in [0.29, 0.717) is 11.5 Å². The number of hydrogen-bond acceptors (Lipinski definition) is 3. The van der Waals surface area contributed by atoms with Crippen molar-refractivity contribution < 1.29 is 13.2 Å². The molecule has 0 amide bonds. The van der Waals surface area contributed by atoms with Crippen molar-refractivity contribution in [1.82, 2.24) is 4.72 Å². The Bertz CT molecular complexity index is 455. The van der Waals surface area contributed by atoms with Crippen LogP contribution in [-0.2, 0) is 14.8 Å². The second-order valence-corrected chi connectivity index (χ2v) is 5.90. The molecule has 1 aromatic carbocycles. The SMILES string of the molecule is Cc1cccc(S(=O)(=O)NCCOC(C)C)c1. The van der Waals surface area contributed by atoms with Gasteiger partial charge in [0.1, 0.15) is 0 Å². The molecule has 0 aliphatic rings. The minimum absolute atomic E-state index is 0.110. The van der Waals surface area contributed by atoms with Crippen LogP contribution in [0.1, 0.15) is 19.4 Å². The molecule has 0 unspecified atom stereocenters. The zero-order valence-corrected chi connectivity index (χ0v) is 11.3. The van der Waals surface area contributed by atoms with E-state index in [0.717, 1.165) is 5.56 Å². The molecule has 0 saturated carbocycles. The number of nitrogens with one attached hydrogen (secondary N) is 1. The molecule has 1 rings (SSSR count). The Morgan fingerprint density at radius 2 is 2.06 bits per heavy atom. The molecular weight excluding hydrogens is 238 g/mol. The van der Waals surface area contributed by atoms with Crippen molar-refractivity contribution in [2.45, 2.75) is 31.8 Å². The van der Waals surface area contributed by atoms with Crippen molar-refractivity contribution in [3.8, 4) is 0 Å².